The van der Waals surface area contributed by atoms with E-state index in [0.717, 1.165) is 11.3 Å². The molecule has 0 radical (unpaired) electrons. The van der Waals surface area contributed by atoms with Crippen LogP contribution in [-0.4, -0.2) is 53.8 Å². The van der Waals surface area contributed by atoms with Crippen LogP contribution < -0.4 is 5.56 Å². The standard InChI is InChI=1S/C18H19ClN4O3S2/c1-12(17-20-14-5-3-2-4-13(14)18(24)21-17)22-8-10-23(11-9-22)28(25,26)16-7-6-15(19)27-16/h2-7,12H,8-11H2,1H3,(H,20,21,24)/t12-/m1/s1. The highest BCUT2D eigenvalue weighted by molar-refractivity contribution is 7.91. The van der Waals surface area contributed by atoms with E-state index in [4.69, 9.17) is 11.6 Å². The first-order valence-corrected chi connectivity index (χ1v) is 11.5. The highest BCUT2D eigenvalue weighted by Crippen LogP contribution is 2.29. The molecule has 0 bridgehead atoms. The van der Waals surface area contributed by atoms with E-state index < -0.39 is 10.0 Å². The van der Waals surface area contributed by atoms with Crippen LogP contribution in [0.4, 0.5) is 0 Å². The Morgan fingerprint density at radius 3 is 2.54 bits per heavy atom. The molecule has 0 amide bonds. The number of benzene rings is 1. The predicted octanol–water partition coefficient (Wildman–Crippen LogP) is 2.71. The molecule has 3 heterocycles. The number of aromatic amines is 1. The molecular formula is C18H19ClN4O3S2. The quantitative estimate of drug-likeness (QED) is 0.676. The lowest BCUT2D eigenvalue weighted by Crippen LogP contribution is -2.49. The number of nitrogens with zero attached hydrogens (tertiary/aromatic N) is 3. The minimum absolute atomic E-state index is 0.127. The van der Waals surface area contributed by atoms with Crippen molar-refractivity contribution in [1.29, 1.82) is 0 Å². The van der Waals surface area contributed by atoms with Gasteiger partial charge >= 0.3 is 0 Å². The van der Waals surface area contributed by atoms with E-state index in [9.17, 15) is 13.2 Å². The summed E-state index contributed by atoms with van der Waals surface area (Å²) in [4.78, 5) is 21.9. The number of H-pyrrole nitrogens is 1. The Balaban J connectivity index is 1.50. The number of nitrogens with one attached hydrogen (secondary N) is 1. The van der Waals surface area contributed by atoms with Crippen molar-refractivity contribution in [2.24, 2.45) is 0 Å². The Labute approximate surface area is 171 Å². The molecular weight excluding hydrogens is 420 g/mol. The van der Waals surface area contributed by atoms with E-state index in [2.05, 4.69) is 14.9 Å². The summed E-state index contributed by atoms with van der Waals surface area (Å²) in [5.41, 5.74) is 0.493. The minimum atomic E-state index is -3.52. The van der Waals surface area contributed by atoms with Crippen molar-refractivity contribution in [2.45, 2.75) is 17.2 Å². The van der Waals surface area contributed by atoms with E-state index in [0.29, 0.717) is 47.2 Å². The number of piperazine rings is 1. The van der Waals surface area contributed by atoms with Crippen LogP contribution in [0.25, 0.3) is 10.9 Å². The van der Waals surface area contributed by atoms with E-state index in [-0.39, 0.29) is 15.8 Å². The average Bonchev–Trinajstić information content (AvgIpc) is 3.15. The summed E-state index contributed by atoms with van der Waals surface area (Å²) in [6.07, 6.45) is 0. The lowest BCUT2D eigenvalue weighted by molar-refractivity contribution is 0.141. The summed E-state index contributed by atoms with van der Waals surface area (Å²) in [5.74, 6) is 0.588. The Kier molecular flexibility index (Phi) is 5.28. The zero-order chi connectivity index (χ0) is 19.9. The van der Waals surface area contributed by atoms with Gasteiger partial charge in [-0.25, -0.2) is 13.4 Å². The maximum Gasteiger partial charge on any atom is 0.258 e. The van der Waals surface area contributed by atoms with Gasteiger partial charge in [0.15, 0.2) is 0 Å². The lowest BCUT2D eigenvalue weighted by atomic mass is 10.2. The van der Waals surface area contributed by atoms with Gasteiger partial charge in [0.1, 0.15) is 10.0 Å². The largest absolute Gasteiger partial charge is 0.309 e. The summed E-state index contributed by atoms with van der Waals surface area (Å²) in [5, 5.41) is 0.559. The first kappa shape index (κ1) is 19.5. The fourth-order valence-corrected chi connectivity index (χ4v) is 6.43. The van der Waals surface area contributed by atoms with Gasteiger partial charge in [0.2, 0.25) is 0 Å². The van der Waals surface area contributed by atoms with Crippen molar-refractivity contribution in [3.05, 3.63) is 56.9 Å². The Morgan fingerprint density at radius 2 is 1.86 bits per heavy atom. The van der Waals surface area contributed by atoms with Crippen molar-refractivity contribution in [3.63, 3.8) is 0 Å². The van der Waals surface area contributed by atoms with Gasteiger partial charge in [-0.3, -0.25) is 9.69 Å². The fourth-order valence-electron chi connectivity index (χ4n) is 3.37. The van der Waals surface area contributed by atoms with Crippen LogP contribution >= 0.6 is 22.9 Å². The van der Waals surface area contributed by atoms with Crippen LogP contribution in [-0.2, 0) is 10.0 Å². The Morgan fingerprint density at radius 1 is 1.14 bits per heavy atom. The van der Waals surface area contributed by atoms with Crippen molar-refractivity contribution >= 4 is 43.9 Å². The topological polar surface area (TPSA) is 86.4 Å². The van der Waals surface area contributed by atoms with E-state index >= 15 is 0 Å². The number of aromatic nitrogens is 2. The molecule has 1 saturated heterocycles. The number of fused-ring (bicyclic) bond motifs is 1. The third-order valence-electron chi connectivity index (χ3n) is 4.99. The van der Waals surface area contributed by atoms with Gasteiger partial charge in [-0.2, -0.15) is 4.31 Å². The molecule has 2 aromatic heterocycles. The molecule has 7 nitrogen and oxygen atoms in total. The van der Waals surface area contributed by atoms with Crippen LogP contribution in [0.3, 0.4) is 0 Å². The molecule has 1 fully saturated rings. The van der Waals surface area contributed by atoms with Crippen LogP contribution in [0.1, 0.15) is 18.8 Å². The van der Waals surface area contributed by atoms with Gasteiger partial charge in [-0.05, 0) is 31.2 Å². The van der Waals surface area contributed by atoms with Gasteiger partial charge in [0, 0.05) is 26.2 Å². The average molecular weight is 439 g/mol. The SMILES string of the molecule is C[C@H](c1nc2ccccc2c(=O)[nH]1)N1CCN(S(=O)(=O)c2ccc(Cl)s2)CC1. The molecule has 0 saturated carbocycles. The second kappa shape index (κ2) is 7.57. The fraction of sp³-hybridized carbons (Fsp3) is 0.333. The predicted molar refractivity (Wildman–Crippen MR) is 110 cm³/mol. The third kappa shape index (κ3) is 3.60. The zero-order valence-electron chi connectivity index (χ0n) is 15.1. The van der Waals surface area contributed by atoms with Gasteiger partial charge in [-0.1, -0.05) is 23.7 Å². The van der Waals surface area contributed by atoms with Crippen molar-refractivity contribution in [3.8, 4) is 0 Å². The van der Waals surface area contributed by atoms with E-state index in [1.807, 2.05) is 25.1 Å². The number of sulfonamides is 1. The second-order valence-electron chi connectivity index (χ2n) is 6.64. The zero-order valence-corrected chi connectivity index (χ0v) is 17.5. The number of rotatable bonds is 4. The first-order chi connectivity index (χ1) is 13.4. The van der Waals surface area contributed by atoms with Crippen molar-refractivity contribution < 1.29 is 8.42 Å². The molecule has 0 spiro atoms. The number of hydrogen-bond donors (Lipinski definition) is 1. The molecule has 3 aromatic rings. The monoisotopic (exact) mass is 438 g/mol. The highest BCUT2D eigenvalue weighted by atomic mass is 35.5. The summed E-state index contributed by atoms with van der Waals surface area (Å²) in [7, 11) is -3.52. The van der Waals surface area contributed by atoms with Crippen molar-refractivity contribution in [1.82, 2.24) is 19.2 Å². The Hall–Kier alpha value is -1.78. The second-order valence-corrected chi connectivity index (χ2v) is 10.5. The number of hydrogen-bond acceptors (Lipinski definition) is 6. The molecule has 0 aliphatic carbocycles. The molecule has 1 aliphatic rings. The van der Waals surface area contributed by atoms with Crippen LogP contribution in [0, 0.1) is 0 Å². The molecule has 1 aromatic carbocycles. The lowest BCUT2D eigenvalue weighted by Gasteiger charge is -2.36. The maximum atomic E-state index is 12.7. The summed E-state index contributed by atoms with van der Waals surface area (Å²) in [6, 6.07) is 10.2. The maximum absolute atomic E-state index is 12.7. The smallest absolute Gasteiger partial charge is 0.258 e. The molecule has 10 heteroatoms. The third-order valence-corrected chi connectivity index (χ3v) is 8.59. The number of thiophene rings is 1. The molecule has 148 valence electrons. The minimum Gasteiger partial charge on any atom is -0.309 e. The van der Waals surface area contributed by atoms with Gasteiger partial charge < -0.3 is 4.98 Å². The molecule has 1 atom stereocenters. The molecule has 28 heavy (non-hydrogen) atoms. The van der Waals surface area contributed by atoms with Crippen LogP contribution in [0.2, 0.25) is 4.34 Å². The normalized spacial score (nSPS) is 17.8. The van der Waals surface area contributed by atoms with Crippen LogP contribution in [0.5, 0.6) is 0 Å². The van der Waals surface area contributed by atoms with E-state index in [1.54, 1.807) is 18.2 Å². The highest BCUT2D eigenvalue weighted by Gasteiger charge is 2.31. The molecule has 4 rings (SSSR count). The number of para-hydroxylation sites is 1. The van der Waals surface area contributed by atoms with Gasteiger partial charge in [0.25, 0.3) is 15.6 Å². The Bertz CT molecular complexity index is 1170. The van der Waals surface area contributed by atoms with Gasteiger partial charge in [-0.15, -0.1) is 11.3 Å². The van der Waals surface area contributed by atoms with Crippen molar-refractivity contribution in [2.75, 3.05) is 26.2 Å². The molecule has 1 aliphatic heterocycles. The summed E-state index contributed by atoms with van der Waals surface area (Å²) < 4.78 is 27.7. The number of halogens is 1. The summed E-state index contributed by atoms with van der Waals surface area (Å²) >= 11 is 6.95. The summed E-state index contributed by atoms with van der Waals surface area (Å²) in [6.45, 7) is 3.82. The molecule has 1 N–H and O–H groups in total. The van der Waals surface area contributed by atoms with Crippen LogP contribution in [0.15, 0.2) is 45.4 Å². The molecule has 0 unspecified atom stereocenters. The van der Waals surface area contributed by atoms with Gasteiger partial charge in [0.05, 0.1) is 21.3 Å². The van der Waals surface area contributed by atoms with E-state index in [1.165, 1.54) is 4.31 Å². The first-order valence-electron chi connectivity index (χ1n) is 8.85.